The third-order valence-corrected chi connectivity index (χ3v) is 7.18. The van der Waals surface area contributed by atoms with Crippen LogP contribution in [-0.2, 0) is 21.4 Å². The number of carbonyl (C=O) groups excluding carboxylic acids is 2. The molecule has 0 unspecified atom stereocenters. The summed E-state index contributed by atoms with van der Waals surface area (Å²) >= 11 is 0. The lowest BCUT2D eigenvalue weighted by atomic mass is 10.2. The number of anilines is 3. The Labute approximate surface area is 214 Å². The maximum absolute atomic E-state index is 14.6. The Morgan fingerprint density at radius 2 is 1.78 bits per heavy atom. The zero-order valence-corrected chi connectivity index (χ0v) is 21.3. The van der Waals surface area contributed by atoms with Crippen LogP contribution in [0.4, 0.5) is 21.7 Å². The lowest BCUT2D eigenvalue weighted by molar-refractivity contribution is -0.116. The number of hydrogen-bond donors (Lipinski definition) is 2. The van der Waals surface area contributed by atoms with E-state index in [-0.39, 0.29) is 28.0 Å². The molecule has 0 fully saturated rings. The lowest BCUT2D eigenvalue weighted by Gasteiger charge is -2.14. The van der Waals surface area contributed by atoms with E-state index in [0.717, 1.165) is 24.1 Å². The van der Waals surface area contributed by atoms with Crippen LogP contribution in [-0.4, -0.2) is 36.8 Å². The first kappa shape index (κ1) is 25.8. The third kappa shape index (κ3) is 5.46. The molecule has 1 heterocycles. The number of rotatable bonds is 8. The third-order valence-electron chi connectivity index (χ3n) is 5.78. The van der Waals surface area contributed by atoms with Crippen molar-refractivity contribution in [1.82, 2.24) is 9.55 Å². The fourth-order valence-electron chi connectivity index (χ4n) is 3.80. The summed E-state index contributed by atoms with van der Waals surface area (Å²) in [6.45, 7) is 3.96. The fraction of sp³-hybridized carbons (Fsp3) is 0.192. The second kappa shape index (κ2) is 10.4. The summed E-state index contributed by atoms with van der Waals surface area (Å²) in [6, 6.07) is 16.4. The molecule has 9 nitrogen and oxygen atoms in total. The van der Waals surface area contributed by atoms with Gasteiger partial charge >= 0.3 is 0 Å². The molecule has 0 aliphatic carbocycles. The van der Waals surface area contributed by atoms with Gasteiger partial charge in [0.15, 0.2) is 0 Å². The van der Waals surface area contributed by atoms with Crippen LogP contribution in [0.5, 0.6) is 0 Å². The number of nitrogens with one attached hydrogen (secondary N) is 2. The number of benzene rings is 3. The zero-order chi connectivity index (χ0) is 26.7. The number of sulfonamides is 1. The van der Waals surface area contributed by atoms with Gasteiger partial charge in [0, 0.05) is 31.9 Å². The minimum atomic E-state index is -3.92. The molecule has 0 aliphatic heterocycles. The second-order valence-electron chi connectivity index (χ2n) is 8.41. The highest BCUT2D eigenvalue weighted by Crippen LogP contribution is 2.26. The molecule has 0 radical (unpaired) electrons. The second-order valence-corrected chi connectivity index (χ2v) is 10.1. The molecular weight excluding hydrogens is 497 g/mol. The number of amides is 2. The molecule has 0 bridgehead atoms. The molecule has 4 rings (SSSR count). The molecule has 2 amide bonds. The number of imidazole rings is 1. The van der Waals surface area contributed by atoms with Crippen molar-refractivity contribution < 1.29 is 22.4 Å². The number of carbonyl (C=O) groups is 2. The number of fused-ring (bicyclic) bond motifs is 1. The Morgan fingerprint density at radius 3 is 2.46 bits per heavy atom. The van der Waals surface area contributed by atoms with Gasteiger partial charge in [0.2, 0.25) is 11.9 Å². The molecule has 11 heteroatoms. The summed E-state index contributed by atoms with van der Waals surface area (Å²) in [6.07, 6.45) is 0.745. The van der Waals surface area contributed by atoms with Gasteiger partial charge in [0.05, 0.1) is 21.5 Å². The van der Waals surface area contributed by atoms with Crippen molar-refractivity contribution in [3.05, 3.63) is 78.1 Å². The monoisotopic (exact) mass is 523 g/mol. The van der Waals surface area contributed by atoms with Gasteiger partial charge in [-0.25, -0.2) is 17.8 Å². The van der Waals surface area contributed by atoms with Gasteiger partial charge in [-0.15, -0.1) is 0 Å². The Kier molecular flexibility index (Phi) is 7.25. The molecule has 37 heavy (non-hydrogen) atoms. The summed E-state index contributed by atoms with van der Waals surface area (Å²) in [5, 5.41) is 2.65. The van der Waals surface area contributed by atoms with Crippen molar-refractivity contribution in [2.24, 2.45) is 0 Å². The van der Waals surface area contributed by atoms with E-state index < -0.39 is 21.7 Å². The van der Waals surface area contributed by atoms with Crippen LogP contribution >= 0.6 is 0 Å². The van der Waals surface area contributed by atoms with E-state index in [1.54, 1.807) is 41.9 Å². The molecule has 0 atom stereocenters. The highest BCUT2D eigenvalue weighted by molar-refractivity contribution is 7.92. The smallest absolute Gasteiger partial charge is 0.261 e. The van der Waals surface area contributed by atoms with Crippen molar-refractivity contribution in [2.45, 2.75) is 31.7 Å². The Hall–Kier alpha value is -4.25. The molecule has 0 spiro atoms. The van der Waals surface area contributed by atoms with Crippen molar-refractivity contribution in [2.75, 3.05) is 22.0 Å². The standard InChI is InChI=1S/C26H26FN5O4S/c1-4-14-32-24-13-11-19(31(3)17(2)33)16-23(24)28-26(32)29-25(34)21-15-18(10-12-22(21)27)30-37(35,36)20-8-6-5-7-9-20/h5-13,15-16,30H,4,14H2,1-3H3,(H,28,29,34). The van der Waals surface area contributed by atoms with E-state index in [4.69, 9.17) is 0 Å². The SMILES string of the molecule is CCCn1c(NC(=O)c2cc(NS(=O)(=O)c3ccccc3)ccc2F)nc2cc(N(C)C(C)=O)ccc21. The first-order valence-electron chi connectivity index (χ1n) is 11.5. The number of aryl methyl sites for hydroxylation is 1. The Morgan fingerprint density at radius 1 is 1.05 bits per heavy atom. The highest BCUT2D eigenvalue weighted by atomic mass is 32.2. The average molecular weight is 524 g/mol. The molecule has 1 aromatic heterocycles. The Balaban J connectivity index is 1.65. The normalized spacial score (nSPS) is 11.4. The number of hydrogen-bond acceptors (Lipinski definition) is 5. The number of nitrogens with zero attached hydrogens (tertiary/aromatic N) is 3. The van der Waals surface area contributed by atoms with Gasteiger partial charge in [-0.1, -0.05) is 25.1 Å². The summed E-state index contributed by atoms with van der Waals surface area (Å²) in [7, 11) is -2.28. The summed E-state index contributed by atoms with van der Waals surface area (Å²) < 4.78 is 44.1. The predicted molar refractivity (Wildman–Crippen MR) is 141 cm³/mol. The summed E-state index contributed by atoms with van der Waals surface area (Å²) in [5.41, 5.74) is 1.63. The van der Waals surface area contributed by atoms with Gasteiger partial charge in [-0.3, -0.25) is 19.6 Å². The van der Waals surface area contributed by atoms with E-state index in [1.807, 2.05) is 13.0 Å². The quantitative estimate of drug-likeness (QED) is 0.350. The van der Waals surface area contributed by atoms with Gasteiger partial charge in [-0.05, 0) is 55.0 Å². The van der Waals surface area contributed by atoms with E-state index in [9.17, 15) is 22.4 Å². The van der Waals surface area contributed by atoms with E-state index in [0.29, 0.717) is 17.7 Å². The minimum absolute atomic E-state index is 0.0356. The fourth-order valence-corrected chi connectivity index (χ4v) is 4.87. The van der Waals surface area contributed by atoms with E-state index in [1.165, 1.54) is 30.0 Å². The van der Waals surface area contributed by atoms with Crippen LogP contribution in [0.25, 0.3) is 11.0 Å². The van der Waals surface area contributed by atoms with Crippen molar-refractivity contribution in [1.29, 1.82) is 0 Å². The Bertz CT molecular complexity index is 1590. The summed E-state index contributed by atoms with van der Waals surface area (Å²) in [4.78, 5) is 30.9. The maximum atomic E-state index is 14.6. The van der Waals surface area contributed by atoms with E-state index in [2.05, 4.69) is 15.0 Å². The number of halogens is 1. The van der Waals surface area contributed by atoms with Crippen LogP contribution in [0.3, 0.4) is 0 Å². The molecule has 0 saturated carbocycles. The molecule has 0 aliphatic rings. The van der Waals surface area contributed by atoms with Gasteiger partial charge in [-0.2, -0.15) is 0 Å². The molecule has 0 saturated heterocycles. The van der Waals surface area contributed by atoms with Crippen molar-refractivity contribution in [3.63, 3.8) is 0 Å². The first-order chi connectivity index (χ1) is 17.6. The van der Waals surface area contributed by atoms with Gasteiger partial charge in [0.1, 0.15) is 5.82 Å². The van der Waals surface area contributed by atoms with E-state index >= 15 is 0 Å². The number of aromatic nitrogens is 2. The van der Waals surface area contributed by atoms with Crippen LogP contribution in [0, 0.1) is 5.82 Å². The van der Waals surface area contributed by atoms with Crippen LogP contribution in [0.1, 0.15) is 30.6 Å². The molecule has 2 N–H and O–H groups in total. The minimum Gasteiger partial charge on any atom is -0.316 e. The largest absolute Gasteiger partial charge is 0.316 e. The first-order valence-corrected chi connectivity index (χ1v) is 13.0. The maximum Gasteiger partial charge on any atom is 0.261 e. The molecule has 3 aromatic carbocycles. The highest BCUT2D eigenvalue weighted by Gasteiger charge is 2.20. The van der Waals surface area contributed by atoms with Crippen molar-refractivity contribution >= 4 is 50.2 Å². The summed E-state index contributed by atoms with van der Waals surface area (Å²) in [5.74, 6) is -1.53. The topological polar surface area (TPSA) is 113 Å². The molecule has 4 aromatic rings. The van der Waals surface area contributed by atoms with Crippen LogP contribution < -0.4 is 14.9 Å². The zero-order valence-electron chi connectivity index (χ0n) is 20.5. The molecular formula is C26H26FN5O4S. The van der Waals surface area contributed by atoms with Crippen LogP contribution in [0.15, 0.2) is 71.6 Å². The molecule has 192 valence electrons. The van der Waals surface area contributed by atoms with Crippen LogP contribution in [0.2, 0.25) is 0 Å². The lowest BCUT2D eigenvalue weighted by Crippen LogP contribution is -2.22. The van der Waals surface area contributed by atoms with Gasteiger partial charge < -0.3 is 9.47 Å². The van der Waals surface area contributed by atoms with Gasteiger partial charge in [0.25, 0.3) is 15.9 Å². The van der Waals surface area contributed by atoms with Crippen molar-refractivity contribution in [3.8, 4) is 0 Å². The average Bonchev–Trinajstić information content (AvgIpc) is 3.21. The predicted octanol–water partition coefficient (Wildman–Crippen LogP) is 4.62.